The summed E-state index contributed by atoms with van der Waals surface area (Å²) in [7, 11) is 0. The van der Waals surface area contributed by atoms with Gasteiger partial charge in [-0.05, 0) is 52.5 Å². The second kappa shape index (κ2) is 24.0. The topological polar surface area (TPSA) is 63.2 Å². The molecule has 0 unspecified atom stereocenters. The third kappa shape index (κ3) is 18.1. The van der Waals surface area contributed by atoms with Crippen molar-refractivity contribution in [2.45, 2.75) is 157 Å². The summed E-state index contributed by atoms with van der Waals surface area (Å²) < 4.78 is 31.3. The second-order valence-corrected chi connectivity index (χ2v) is 12.4. The number of benzene rings is 1. The van der Waals surface area contributed by atoms with Crippen LogP contribution in [-0.4, -0.2) is 38.0 Å². The van der Waals surface area contributed by atoms with Crippen LogP contribution in [0.5, 0.6) is 23.0 Å². The van der Waals surface area contributed by atoms with Crippen LogP contribution in [0, 0.1) is 0 Å². The predicted molar refractivity (Wildman–Crippen MR) is 180 cm³/mol. The Balaban J connectivity index is 3.54. The van der Waals surface area contributed by atoms with E-state index in [9.17, 15) is 4.79 Å². The number of ether oxygens (including phenoxy) is 5. The summed E-state index contributed by atoms with van der Waals surface area (Å²) in [5.74, 6) is 2.07. The van der Waals surface area contributed by atoms with Crippen molar-refractivity contribution in [1.82, 2.24) is 0 Å². The molecule has 0 radical (unpaired) electrons. The Morgan fingerprint density at radius 3 is 1.30 bits per heavy atom. The largest absolute Gasteiger partial charge is 0.490 e. The molecule has 0 atom stereocenters. The van der Waals surface area contributed by atoms with Crippen LogP contribution in [0.4, 0.5) is 0 Å². The Morgan fingerprint density at radius 2 is 0.953 bits per heavy atom. The SMILES string of the molecule is CCCCCCOc1cc(OCCCCCC)c(OCCCCCC)c(C=CC(=O)OC(C)(C)C)c1OCCCCCC. The number of unbranched alkanes of at least 4 members (excludes halogenated alkanes) is 12. The molecule has 0 saturated heterocycles. The number of rotatable bonds is 26. The summed E-state index contributed by atoms with van der Waals surface area (Å²) >= 11 is 0. The summed E-state index contributed by atoms with van der Waals surface area (Å²) in [6.45, 7) is 16.7. The molecule has 0 saturated carbocycles. The van der Waals surface area contributed by atoms with Crippen molar-refractivity contribution in [3.05, 3.63) is 17.7 Å². The van der Waals surface area contributed by atoms with E-state index in [1.54, 1.807) is 6.08 Å². The Labute approximate surface area is 264 Å². The highest BCUT2D eigenvalue weighted by molar-refractivity contribution is 5.89. The van der Waals surface area contributed by atoms with E-state index in [1.165, 1.54) is 44.6 Å². The minimum Gasteiger partial charge on any atom is -0.490 e. The van der Waals surface area contributed by atoms with Crippen LogP contribution >= 0.6 is 0 Å². The van der Waals surface area contributed by atoms with Gasteiger partial charge in [-0.25, -0.2) is 4.79 Å². The van der Waals surface area contributed by atoms with Crippen LogP contribution in [-0.2, 0) is 9.53 Å². The van der Waals surface area contributed by atoms with Crippen LogP contribution in [0.25, 0.3) is 6.08 Å². The lowest BCUT2D eigenvalue weighted by Gasteiger charge is -2.22. The maximum Gasteiger partial charge on any atom is 0.331 e. The Hall–Kier alpha value is -2.37. The molecule has 0 aliphatic carbocycles. The molecular weight excluding hydrogens is 540 g/mol. The highest BCUT2D eigenvalue weighted by Crippen LogP contribution is 2.46. The average molecular weight is 605 g/mol. The van der Waals surface area contributed by atoms with Gasteiger partial charge in [0.05, 0.1) is 32.0 Å². The first-order chi connectivity index (χ1) is 20.8. The molecule has 248 valence electrons. The maximum atomic E-state index is 12.8. The Morgan fingerprint density at radius 1 is 0.581 bits per heavy atom. The predicted octanol–water partition coefficient (Wildman–Crippen LogP) is 10.9. The zero-order valence-electron chi connectivity index (χ0n) is 28.8. The number of hydrogen-bond acceptors (Lipinski definition) is 6. The second-order valence-electron chi connectivity index (χ2n) is 12.4. The summed E-state index contributed by atoms with van der Waals surface area (Å²) in [5.41, 5.74) is 0.0842. The van der Waals surface area contributed by atoms with Crippen molar-refractivity contribution in [1.29, 1.82) is 0 Å². The first-order valence-corrected chi connectivity index (χ1v) is 17.4. The van der Waals surface area contributed by atoms with Crippen molar-refractivity contribution in [3.63, 3.8) is 0 Å². The van der Waals surface area contributed by atoms with Gasteiger partial charge >= 0.3 is 5.97 Å². The summed E-state index contributed by atoms with van der Waals surface area (Å²) in [6.07, 6.45) is 20.9. The van der Waals surface area contributed by atoms with E-state index in [-0.39, 0.29) is 0 Å². The molecule has 0 N–H and O–H groups in total. The van der Waals surface area contributed by atoms with E-state index in [4.69, 9.17) is 23.7 Å². The molecule has 0 amide bonds. The molecule has 1 aromatic carbocycles. The van der Waals surface area contributed by atoms with Crippen molar-refractivity contribution in [2.75, 3.05) is 26.4 Å². The third-order valence-corrected chi connectivity index (χ3v) is 6.99. The lowest BCUT2D eigenvalue weighted by Crippen LogP contribution is -2.22. The monoisotopic (exact) mass is 604 g/mol. The molecule has 1 rings (SSSR count). The summed E-state index contributed by atoms with van der Waals surface area (Å²) in [6, 6.07) is 1.94. The van der Waals surface area contributed by atoms with E-state index >= 15 is 0 Å². The van der Waals surface area contributed by atoms with Gasteiger partial charge in [-0.1, -0.05) is 105 Å². The van der Waals surface area contributed by atoms with Crippen LogP contribution in [0.3, 0.4) is 0 Å². The fourth-order valence-electron chi connectivity index (χ4n) is 4.60. The molecule has 0 aliphatic rings. The molecule has 0 aromatic heterocycles. The van der Waals surface area contributed by atoms with Crippen molar-refractivity contribution < 1.29 is 28.5 Å². The van der Waals surface area contributed by atoms with Gasteiger partial charge < -0.3 is 23.7 Å². The van der Waals surface area contributed by atoms with Crippen molar-refractivity contribution >= 4 is 12.0 Å². The van der Waals surface area contributed by atoms with Gasteiger partial charge in [-0.2, -0.15) is 0 Å². The van der Waals surface area contributed by atoms with Crippen LogP contribution in [0.15, 0.2) is 12.1 Å². The normalized spacial score (nSPS) is 11.6. The highest BCUT2D eigenvalue weighted by Gasteiger charge is 2.23. The summed E-state index contributed by atoms with van der Waals surface area (Å²) in [4.78, 5) is 12.8. The molecule has 0 bridgehead atoms. The zero-order chi connectivity index (χ0) is 31.8. The van der Waals surface area contributed by atoms with Gasteiger partial charge in [0.1, 0.15) is 5.60 Å². The number of esters is 1. The molecule has 0 fully saturated rings. The first-order valence-electron chi connectivity index (χ1n) is 17.4. The first kappa shape index (κ1) is 38.7. The molecule has 6 nitrogen and oxygen atoms in total. The van der Waals surface area contributed by atoms with E-state index in [1.807, 2.05) is 26.8 Å². The van der Waals surface area contributed by atoms with Gasteiger partial charge in [0, 0.05) is 12.1 Å². The third-order valence-electron chi connectivity index (χ3n) is 6.99. The van der Waals surface area contributed by atoms with Gasteiger partial charge in [0.25, 0.3) is 0 Å². The van der Waals surface area contributed by atoms with Crippen LogP contribution in [0.1, 0.15) is 157 Å². The minimum atomic E-state index is -0.588. The highest BCUT2D eigenvalue weighted by atomic mass is 16.6. The zero-order valence-corrected chi connectivity index (χ0v) is 28.8. The van der Waals surface area contributed by atoms with Crippen LogP contribution < -0.4 is 18.9 Å². The standard InChI is InChI=1S/C37H64O6/c1-8-12-16-20-26-39-32-30-33(40-27-21-17-13-9-2)36(42-29-23-19-15-11-4)31(24-25-34(38)43-37(5,6)7)35(32)41-28-22-18-14-10-3/h24-25,30H,8-23,26-29H2,1-7H3. The maximum absolute atomic E-state index is 12.8. The van der Waals surface area contributed by atoms with E-state index in [0.717, 1.165) is 64.2 Å². The van der Waals surface area contributed by atoms with Crippen LogP contribution in [0.2, 0.25) is 0 Å². The summed E-state index contributed by atoms with van der Waals surface area (Å²) in [5, 5.41) is 0. The van der Waals surface area contributed by atoms with Crippen molar-refractivity contribution in [2.24, 2.45) is 0 Å². The number of carbonyl (C=O) groups excluding carboxylic acids is 1. The fourth-order valence-corrected chi connectivity index (χ4v) is 4.60. The quantitative estimate of drug-likeness (QED) is 0.0595. The lowest BCUT2D eigenvalue weighted by atomic mass is 10.1. The minimum absolute atomic E-state index is 0.414. The van der Waals surface area contributed by atoms with E-state index in [2.05, 4.69) is 27.7 Å². The number of hydrogen-bond donors (Lipinski definition) is 0. The molecule has 6 heteroatoms. The molecule has 0 heterocycles. The molecule has 0 aliphatic heterocycles. The van der Waals surface area contributed by atoms with Crippen molar-refractivity contribution in [3.8, 4) is 23.0 Å². The lowest BCUT2D eigenvalue weighted by molar-refractivity contribution is -0.148. The average Bonchev–Trinajstić information content (AvgIpc) is 2.96. The fraction of sp³-hybridized carbons (Fsp3) is 0.757. The molecule has 0 spiro atoms. The van der Waals surface area contributed by atoms with Gasteiger partial charge in [0.15, 0.2) is 23.0 Å². The van der Waals surface area contributed by atoms with Gasteiger partial charge in [-0.15, -0.1) is 0 Å². The van der Waals surface area contributed by atoms with E-state index < -0.39 is 11.6 Å². The molecule has 43 heavy (non-hydrogen) atoms. The number of carbonyl (C=O) groups is 1. The smallest absolute Gasteiger partial charge is 0.331 e. The Bertz CT molecular complexity index is 836. The molecule has 1 aromatic rings. The molecular formula is C37H64O6. The van der Waals surface area contributed by atoms with Gasteiger partial charge in [0.2, 0.25) is 0 Å². The Kier molecular flexibility index (Phi) is 21.6. The van der Waals surface area contributed by atoms with Gasteiger partial charge in [-0.3, -0.25) is 0 Å². The van der Waals surface area contributed by atoms with E-state index in [0.29, 0.717) is 55.0 Å².